The van der Waals surface area contributed by atoms with Crippen LogP contribution in [0.2, 0.25) is 0 Å². The van der Waals surface area contributed by atoms with E-state index in [2.05, 4.69) is 24.1 Å². The standard InChI is InChI=1S/C13H20N2O2S/c1-3-18-7-6-10(2)14-9-12-5-4-11(8-15-12)13(16)17/h4-5,8,10,14H,3,6-7,9H2,1-2H3,(H,16,17). The van der Waals surface area contributed by atoms with E-state index in [1.54, 1.807) is 12.1 Å². The first-order valence-electron chi connectivity index (χ1n) is 6.12. The lowest BCUT2D eigenvalue weighted by Crippen LogP contribution is -2.26. The smallest absolute Gasteiger partial charge is 0.337 e. The Morgan fingerprint density at radius 1 is 1.56 bits per heavy atom. The van der Waals surface area contributed by atoms with E-state index in [1.165, 1.54) is 6.20 Å². The van der Waals surface area contributed by atoms with Gasteiger partial charge in [-0.05, 0) is 37.0 Å². The van der Waals surface area contributed by atoms with Gasteiger partial charge in [0.05, 0.1) is 11.3 Å². The Labute approximate surface area is 112 Å². The topological polar surface area (TPSA) is 62.2 Å². The van der Waals surface area contributed by atoms with Crippen molar-refractivity contribution in [3.63, 3.8) is 0 Å². The Bertz CT molecular complexity index is 368. The summed E-state index contributed by atoms with van der Waals surface area (Å²) in [5.74, 6) is 1.38. The fourth-order valence-electron chi connectivity index (χ4n) is 1.44. The second-order valence-electron chi connectivity index (χ2n) is 4.11. The van der Waals surface area contributed by atoms with Crippen molar-refractivity contribution in [2.45, 2.75) is 32.9 Å². The molecule has 0 spiro atoms. The van der Waals surface area contributed by atoms with Gasteiger partial charge in [0.1, 0.15) is 0 Å². The van der Waals surface area contributed by atoms with E-state index in [0.717, 1.165) is 23.6 Å². The number of hydrogen-bond donors (Lipinski definition) is 2. The van der Waals surface area contributed by atoms with Crippen molar-refractivity contribution in [1.82, 2.24) is 10.3 Å². The van der Waals surface area contributed by atoms with E-state index in [-0.39, 0.29) is 5.56 Å². The van der Waals surface area contributed by atoms with E-state index in [4.69, 9.17) is 5.11 Å². The Morgan fingerprint density at radius 2 is 2.33 bits per heavy atom. The summed E-state index contributed by atoms with van der Waals surface area (Å²) in [5.41, 5.74) is 1.10. The Balaban J connectivity index is 2.32. The fraction of sp³-hybridized carbons (Fsp3) is 0.538. The predicted molar refractivity (Wildman–Crippen MR) is 75.1 cm³/mol. The molecule has 0 fully saturated rings. The Kier molecular flexibility index (Phi) is 6.75. The average molecular weight is 268 g/mol. The van der Waals surface area contributed by atoms with Crippen LogP contribution in [0.15, 0.2) is 18.3 Å². The third-order valence-corrected chi connectivity index (χ3v) is 3.54. The molecule has 1 atom stereocenters. The minimum atomic E-state index is -0.938. The van der Waals surface area contributed by atoms with Gasteiger partial charge in [0.2, 0.25) is 0 Å². The highest BCUT2D eigenvalue weighted by Gasteiger charge is 2.04. The van der Waals surface area contributed by atoms with Crippen molar-refractivity contribution in [3.05, 3.63) is 29.6 Å². The molecule has 1 heterocycles. The molecular weight excluding hydrogens is 248 g/mol. The summed E-state index contributed by atoms with van der Waals surface area (Å²) < 4.78 is 0. The second kappa shape index (κ2) is 8.11. The lowest BCUT2D eigenvalue weighted by molar-refractivity contribution is 0.0696. The highest BCUT2D eigenvalue weighted by atomic mass is 32.2. The van der Waals surface area contributed by atoms with Crippen LogP contribution in [0.25, 0.3) is 0 Å². The van der Waals surface area contributed by atoms with Crippen molar-refractivity contribution in [2.75, 3.05) is 11.5 Å². The van der Waals surface area contributed by atoms with Gasteiger partial charge < -0.3 is 10.4 Å². The van der Waals surface area contributed by atoms with Crippen molar-refractivity contribution >= 4 is 17.7 Å². The van der Waals surface area contributed by atoms with Crippen LogP contribution < -0.4 is 5.32 Å². The Morgan fingerprint density at radius 3 is 2.89 bits per heavy atom. The molecule has 0 radical (unpaired) electrons. The predicted octanol–water partition coefficient (Wildman–Crippen LogP) is 2.40. The molecule has 0 saturated heterocycles. The number of carbonyl (C=O) groups is 1. The highest BCUT2D eigenvalue weighted by Crippen LogP contribution is 2.05. The zero-order valence-electron chi connectivity index (χ0n) is 10.8. The number of thioether (sulfide) groups is 1. The van der Waals surface area contributed by atoms with Crippen LogP contribution in [0.5, 0.6) is 0 Å². The van der Waals surface area contributed by atoms with Gasteiger partial charge in [-0.3, -0.25) is 4.98 Å². The molecule has 1 rings (SSSR count). The molecule has 0 amide bonds. The second-order valence-corrected chi connectivity index (χ2v) is 5.50. The maximum absolute atomic E-state index is 10.7. The first-order valence-corrected chi connectivity index (χ1v) is 7.28. The SMILES string of the molecule is CCSCCC(C)NCc1ccc(C(=O)O)cn1. The molecule has 0 aromatic carbocycles. The summed E-state index contributed by atoms with van der Waals surface area (Å²) in [6, 6.07) is 3.79. The number of nitrogens with one attached hydrogen (secondary N) is 1. The minimum absolute atomic E-state index is 0.228. The van der Waals surface area contributed by atoms with E-state index >= 15 is 0 Å². The van der Waals surface area contributed by atoms with Crippen molar-refractivity contribution in [1.29, 1.82) is 0 Å². The van der Waals surface area contributed by atoms with Gasteiger partial charge in [-0.25, -0.2) is 4.79 Å². The first kappa shape index (κ1) is 15.0. The molecular formula is C13H20N2O2S. The molecule has 0 aliphatic carbocycles. The maximum atomic E-state index is 10.7. The van der Waals surface area contributed by atoms with Gasteiger partial charge in [0, 0.05) is 18.8 Å². The summed E-state index contributed by atoms with van der Waals surface area (Å²) >= 11 is 1.94. The largest absolute Gasteiger partial charge is 0.478 e. The molecule has 1 unspecified atom stereocenters. The normalized spacial score (nSPS) is 12.3. The number of pyridine rings is 1. The van der Waals surface area contributed by atoms with Gasteiger partial charge in [-0.2, -0.15) is 11.8 Å². The van der Waals surface area contributed by atoms with Gasteiger partial charge in [-0.1, -0.05) is 6.92 Å². The zero-order valence-corrected chi connectivity index (χ0v) is 11.7. The van der Waals surface area contributed by atoms with Crippen LogP contribution in [-0.4, -0.2) is 33.6 Å². The molecule has 1 aromatic rings. The van der Waals surface area contributed by atoms with Crippen LogP contribution in [0.3, 0.4) is 0 Å². The van der Waals surface area contributed by atoms with Gasteiger partial charge >= 0.3 is 5.97 Å². The molecule has 1 aromatic heterocycles. The minimum Gasteiger partial charge on any atom is -0.478 e. The zero-order chi connectivity index (χ0) is 13.4. The highest BCUT2D eigenvalue weighted by molar-refractivity contribution is 7.99. The lowest BCUT2D eigenvalue weighted by Gasteiger charge is -2.12. The van der Waals surface area contributed by atoms with Crippen LogP contribution >= 0.6 is 11.8 Å². The van der Waals surface area contributed by atoms with Crippen molar-refractivity contribution in [3.8, 4) is 0 Å². The number of aromatic nitrogens is 1. The van der Waals surface area contributed by atoms with E-state index in [1.807, 2.05) is 11.8 Å². The molecule has 0 aliphatic rings. The molecule has 0 bridgehead atoms. The molecule has 0 aliphatic heterocycles. The average Bonchev–Trinajstić information content (AvgIpc) is 2.37. The van der Waals surface area contributed by atoms with Gasteiger partial charge in [0.25, 0.3) is 0 Å². The summed E-state index contributed by atoms with van der Waals surface area (Å²) in [6.45, 7) is 5.00. The summed E-state index contributed by atoms with van der Waals surface area (Å²) in [4.78, 5) is 14.8. The molecule has 4 nitrogen and oxygen atoms in total. The van der Waals surface area contributed by atoms with Crippen molar-refractivity contribution < 1.29 is 9.90 Å². The summed E-state index contributed by atoms with van der Waals surface area (Å²) in [6.07, 6.45) is 2.53. The van der Waals surface area contributed by atoms with Gasteiger partial charge in [-0.15, -0.1) is 0 Å². The number of rotatable bonds is 8. The number of aromatic carboxylic acids is 1. The Hall–Kier alpha value is -1.07. The number of carboxylic acid groups (broad SMARTS) is 1. The van der Waals surface area contributed by atoms with E-state index in [0.29, 0.717) is 12.6 Å². The van der Waals surface area contributed by atoms with Crippen LogP contribution in [0, 0.1) is 0 Å². The molecule has 18 heavy (non-hydrogen) atoms. The van der Waals surface area contributed by atoms with Crippen LogP contribution in [-0.2, 0) is 6.54 Å². The molecule has 0 saturated carbocycles. The molecule has 100 valence electrons. The maximum Gasteiger partial charge on any atom is 0.337 e. The van der Waals surface area contributed by atoms with Crippen molar-refractivity contribution in [2.24, 2.45) is 0 Å². The van der Waals surface area contributed by atoms with E-state index < -0.39 is 5.97 Å². The fourth-order valence-corrected chi connectivity index (χ4v) is 2.25. The van der Waals surface area contributed by atoms with Crippen LogP contribution in [0.4, 0.5) is 0 Å². The molecule has 2 N–H and O–H groups in total. The monoisotopic (exact) mass is 268 g/mol. The number of hydrogen-bond acceptors (Lipinski definition) is 4. The third kappa shape index (κ3) is 5.51. The molecule has 5 heteroatoms. The quantitative estimate of drug-likeness (QED) is 0.709. The first-order chi connectivity index (χ1) is 8.63. The number of carboxylic acids is 1. The van der Waals surface area contributed by atoms with Crippen LogP contribution in [0.1, 0.15) is 36.3 Å². The number of nitrogens with zero attached hydrogens (tertiary/aromatic N) is 1. The van der Waals surface area contributed by atoms with E-state index in [9.17, 15) is 4.79 Å². The third-order valence-electron chi connectivity index (χ3n) is 2.60. The summed E-state index contributed by atoms with van der Waals surface area (Å²) in [5, 5.41) is 12.1. The summed E-state index contributed by atoms with van der Waals surface area (Å²) in [7, 11) is 0. The van der Waals surface area contributed by atoms with Gasteiger partial charge in [0.15, 0.2) is 0 Å². The lowest BCUT2D eigenvalue weighted by atomic mass is 10.2.